The molecule has 0 spiro atoms. The predicted octanol–water partition coefficient (Wildman–Crippen LogP) is 0.795. The number of nitrogens with two attached hydrogens (primary N) is 1. The van der Waals surface area contributed by atoms with Crippen LogP contribution >= 0.6 is 0 Å². The molecule has 0 amide bonds. The highest BCUT2D eigenvalue weighted by Gasteiger charge is 2.27. The van der Waals surface area contributed by atoms with Crippen molar-refractivity contribution in [1.82, 2.24) is 4.90 Å². The summed E-state index contributed by atoms with van der Waals surface area (Å²) in [4.78, 5) is 2.30. The fourth-order valence-electron chi connectivity index (χ4n) is 2.46. The highest BCUT2D eigenvalue weighted by Crippen LogP contribution is 2.27. The van der Waals surface area contributed by atoms with Crippen molar-refractivity contribution in [3.8, 4) is 0 Å². The van der Waals surface area contributed by atoms with Gasteiger partial charge in [0, 0.05) is 19.1 Å². The Labute approximate surface area is 96.9 Å². The number of hydrogen-bond acceptors (Lipinski definition) is 3. The van der Waals surface area contributed by atoms with E-state index >= 15 is 0 Å². The van der Waals surface area contributed by atoms with Gasteiger partial charge in [-0.15, -0.1) is 0 Å². The topological polar surface area (TPSA) is 49.5 Å². The molecule has 1 saturated heterocycles. The second-order valence-electron chi connectivity index (χ2n) is 4.46. The summed E-state index contributed by atoms with van der Waals surface area (Å²) >= 11 is 0. The molecule has 1 aliphatic heterocycles. The van der Waals surface area contributed by atoms with Crippen LogP contribution in [-0.4, -0.2) is 42.3 Å². The van der Waals surface area contributed by atoms with Crippen molar-refractivity contribution in [2.24, 2.45) is 5.73 Å². The van der Waals surface area contributed by atoms with Crippen LogP contribution in [0.3, 0.4) is 0 Å². The molecule has 2 rings (SSSR count). The molecule has 16 heavy (non-hydrogen) atoms. The highest BCUT2D eigenvalue weighted by atomic mass is 16.3. The molecule has 1 heterocycles. The number of likely N-dealkylation sites (tertiary alicyclic amines) is 1. The third-order valence-corrected chi connectivity index (χ3v) is 3.49. The van der Waals surface area contributed by atoms with E-state index in [-0.39, 0.29) is 12.6 Å². The summed E-state index contributed by atoms with van der Waals surface area (Å²) in [5, 5.41) is 9.22. The number of aliphatic hydroxyl groups excluding tert-OH is 1. The Balaban J connectivity index is 1.98. The van der Waals surface area contributed by atoms with Crippen molar-refractivity contribution in [3.05, 3.63) is 35.9 Å². The normalized spacial score (nSPS) is 23.5. The lowest BCUT2D eigenvalue weighted by Gasteiger charge is -2.24. The maximum atomic E-state index is 9.22. The van der Waals surface area contributed by atoms with Crippen LogP contribution in [0.1, 0.15) is 17.9 Å². The number of benzene rings is 1. The first-order valence-corrected chi connectivity index (χ1v) is 5.95. The van der Waals surface area contributed by atoms with E-state index < -0.39 is 0 Å². The van der Waals surface area contributed by atoms with Gasteiger partial charge in [-0.05, 0) is 24.4 Å². The standard InChI is InChI=1S/C13H20N2O/c14-8-13(10-16)15-7-6-12(9-15)11-4-2-1-3-5-11/h1-5,12-13,16H,6-10,14H2. The molecular weight excluding hydrogens is 200 g/mol. The molecule has 2 unspecified atom stereocenters. The molecule has 0 saturated carbocycles. The van der Waals surface area contributed by atoms with E-state index in [4.69, 9.17) is 5.73 Å². The fourth-order valence-corrected chi connectivity index (χ4v) is 2.46. The number of rotatable bonds is 4. The SMILES string of the molecule is NCC(CO)N1CCC(c2ccccc2)C1. The summed E-state index contributed by atoms with van der Waals surface area (Å²) < 4.78 is 0. The molecule has 0 aliphatic carbocycles. The first kappa shape index (κ1) is 11.6. The molecule has 88 valence electrons. The van der Waals surface area contributed by atoms with Crippen molar-refractivity contribution in [2.45, 2.75) is 18.4 Å². The monoisotopic (exact) mass is 220 g/mol. The van der Waals surface area contributed by atoms with Crippen LogP contribution in [0.2, 0.25) is 0 Å². The Morgan fingerprint density at radius 1 is 1.38 bits per heavy atom. The van der Waals surface area contributed by atoms with E-state index in [1.54, 1.807) is 0 Å². The Bertz CT molecular complexity index is 311. The van der Waals surface area contributed by atoms with Crippen LogP contribution in [0.15, 0.2) is 30.3 Å². The van der Waals surface area contributed by atoms with Crippen LogP contribution in [-0.2, 0) is 0 Å². The molecule has 1 aromatic rings. The summed E-state index contributed by atoms with van der Waals surface area (Å²) in [5.74, 6) is 0.599. The van der Waals surface area contributed by atoms with Gasteiger partial charge in [0.15, 0.2) is 0 Å². The van der Waals surface area contributed by atoms with Crippen LogP contribution in [0.25, 0.3) is 0 Å². The van der Waals surface area contributed by atoms with Crippen molar-refractivity contribution < 1.29 is 5.11 Å². The fraction of sp³-hybridized carbons (Fsp3) is 0.538. The molecule has 2 atom stereocenters. The second-order valence-corrected chi connectivity index (χ2v) is 4.46. The van der Waals surface area contributed by atoms with Gasteiger partial charge in [-0.3, -0.25) is 4.90 Å². The van der Waals surface area contributed by atoms with E-state index in [1.807, 2.05) is 6.07 Å². The first-order chi connectivity index (χ1) is 7.85. The van der Waals surface area contributed by atoms with Crippen molar-refractivity contribution in [3.63, 3.8) is 0 Å². The largest absolute Gasteiger partial charge is 0.395 e. The minimum absolute atomic E-state index is 0.133. The molecule has 1 aromatic carbocycles. The molecule has 0 radical (unpaired) electrons. The zero-order valence-corrected chi connectivity index (χ0v) is 9.55. The molecule has 3 N–H and O–H groups in total. The molecule has 1 aliphatic rings. The Hall–Kier alpha value is -0.900. The molecular formula is C13H20N2O. The quantitative estimate of drug-likeness (QED) is 0.789. The van der Waals surface area contributed by atoms with Crippen molar-refractivity contribution in [2.75, 3.05) is 26.2 Å². The lowest BCUT2D eigenvalue weighted by atomic mass is 9.99. The zero-order chi connectivity index (χ0) is 11.4. The van der Waals surface area contributed by atoms with Gasteiger partial charge in [-0.2, -0.15) is 0 Å². The summed E-state index contributed by atoms with van der Waals surface area (Å²) in [7, 11) is 0. The van der Waals surface area contributed by atoms with Gasteiger partial charge in [-0.1, -0.05) is 30.3 Å². The van der Waals surface area contributed by atoms with Crippen molar-refractivity contribution in [1.29, 1.82) is 0 Å². The third-order valence-electron chi connectivity index (χ3n) is 3.49. The van der Waals surface area contributed by atoms with E-state index in [0.29, 0.717) is 12.5 Å². The van der Waals surface area contributed by atoms with Crippen LogP contribution in [0, 0.1) is 0 Å². The van der Waals surface area contributed by atoms with Gasteiger partial charge < -0.3 is 10.8 Å². The first-order valence-electron chi connectivity index (χ1n) is 5.95. The van der Waals surface area contributed by atoms with E-state index in [9.17, 15) is 5.11 Å². The second kappa shape index (κ2) is 5.43. The molecule has 3 heteroatoms. The average Bonchev–Trinajstić information content (AvgIpc) is 2.81. The maximum absolute atomic E-state index is 9.22. The number of hydrogen-bond donors (Lipinski definition) is 2. The van der Waals surface area contributed by atoms with Crippen LogP contribution < -0.4 is 5.73 Å². The lowest BCUT2D eigenvalue weighted by Crippen LogP contribution is -2.41. The van der Waals surface area contributed by atoms with Gasteiger partial charge in [0.2, 0.25) is 0 Å². The molecule has 3 nitrogen and oxygen atoms in total. The third kappa shape index (κ3) is 2.43. The number of nitrogens with zero attached hydrogens (tertiary/aromatic N) is 1. The van der Waals surface area contributed by atoms with Gasteiger partial charge in [0.1, 0.15) is 0 Å². The van der Waals surface area contributed by atoms with Gasteiger partial charge in [-0.25, -0.2) is 0 Å². The van der Waals surface area contributed by atoms with Gasteiger partial charge >= 0.3 is 0 Å². The summed E-state index contributed by atoms with van der Waals surface area (Å²) in [5.41, 5.74) is 7.05. The Kier molecular flexibility index (Phi) is 3.93. The number of aliphatic hydroxyl groups is 1. The summed E-state index contributed by atoms with van der Waals surface area (Å²) in [6.07, 6.45) is 1.17. The molecule has 0 bridgehead atoms. The molecule has 1 fully saturated rings. The zero-order valence-electron chi connectivity index (χ0n) is 9.55. The van der Waals surface area contributed by atoms with E-state index in [1.165, 1.54) is 12.0 Å². The lowest BCUT2D eigenvalue weighted by molar-refractivity contribution is 0.150. The smallest absolute Gasteiger partial charge is 0.0599 e. The summed E-state index contributed by atoms with van der Waals surface area (Å²) in [6.45, 7) is 2.77. The average molecular weight is 220 g/mol. The Morgan fingerprint density at radius 2 is 2.12 bits per heavy atom. The van der Waals surface area contributed by atoms with Crippen molar-refractivity contribution >= 4 is 0 Å². The van der Waals surface area contributed by atoms with E-state index in [2.05, 4.69) is 29.2 Å². The van der Waals surface area contributed by atoms with Crippen LogP contribution in [0.4, 0.5) is 0 Å². The van der Waals surface area contributed by atoms with Crippen LogP contribution in [0.5, 0.6) is 0 Å². The highest BCUT2D eigenvalue weighted by molar-refractivity contribution is 5.21. The maximum Gasteiger partial charge on any atom is 0.0599 e. The molecule has 0 aromatic heterocycles. The summed E-state index contributed by atoms with van der Waals surface area (Å²) in [6, 6.07) is 10.7. The Morgan fingerprint density at radius 3 is 2.75 bits per heavy atom. The van der Waals surface area contributed by atoms with Gasteiger partial charge in [0.05, 0.1) is 6.61 Å². The van der Waals surface area contributed by atoms with Gasteiger partial charge in [0.25, 0.3) is 0 Å². The predicted molar refractivity (Wildman–Crippen MR) is 65.3 cm³/mol. The van der Waals surface area contributed by atoms with E-state index in [0.717, 1.165) is 13.1 Å². The minimum atomic E-state index is 0.133. The minimum Gasteiger partial charge on any atom is -0.395 e.